The predicted molar refractivity (Wildman–Crippen MR) is 72.4 cm³/mol. The number of hydrogen-bond donors (Lipinski definition) is 0. The van der Waals surface area contributed by atoms with Gasteiger partial charge in [0.15, 0.2) is 0 Å². The first-order chi connectivity index (χ1) is 9.04. The Kier molecular flexibility index (Phi) is 3.37. The Labute approximate surface area is 114 Å². The molecule has 104 valence electrons. The smallest absolute Gasteiger partial charge is 0.296 e. The van der Waals surface area contributed by atoms with Gasteiger partial charge in [0.05, 0.1) is 11.5 Å². The summed E-state index contributed by atoms with van der Waals surface area (Å²) in [5.41, 5.74) is 1.04. The molecule has 2 aliphatic rings. The van der Waals surface area contributed by atoms with Crippen LogP contribution in [0.1, 0.15) is 18.4 Å². The van der Waals surface area contributed by atoms with E-state index in [1.165, 1.54) is 12.8 Å². The minimum Gasteiger partial charge on any atom is -0.300 e. The Morgan fingerprint density at radius 2 is 1.84 bits per heavy atom. The van der Waals surface area contributed by atoms with Crippen LogP contribution in [0.25, 0.3) is 0 Å². The minimum atomic E-state index is -3.59. The van der Waals surface area contributed by atoms with Crippen LogP contribution in [0.15, 0.2) is 29.2 Å². The van der Waals surface area contributed by atoms with Crippen LogP contribution in [0.5, 0.6) is 0 Å². The van der Waals surface area contributed by atoms with Crippen molar-refractivity contribution < 1.29 is 12.6 Å². The first-order valence-corrected chi connectivity index (χ1v) is 8.15. The summed E-state index contributed by atoms with van der Waals surface area (Å²) in [4.78, 5) is 2.66. The highest BCUT2D eigenvalue weighted by Crippen LogP contribution is 2.33. The van der Waals surface area contributed by atoms with Gasteiger partial charge in [0, 0.05) is 25.0 Å². The summed E-state index contributed by atoms with van der Waals surface area (Å²) < 4.78 is 29.1. The molecule has 0 radical (unpaired) electrons. The summed E-state index contributed by atoms with van der Waals surface area (Å²) in [5.74, 6) is 0.362. The van der Waals surface area contributed by atoms with Crippen molar-refractivity contribution in [3.05, 3.63) is 29.8 Å². The molecule has 0 N–H and O–H groups in total. The van der Waals surface area contributed by atoms with Gasteiger partial charge in [-0.1, -0.05) is 17.7 Å². The van der Waals surface area contributed by atoms with Crippen molar-refractivity contribution in [1.29, 1.82) is 0 Å². The fraction of sp³-hybridized carbons (Fsp3) is 0.571. The highest BCUT2D eigenvalue weighted by atomic mass is 32.2. The van der Waals surface area contributed by atoms with E-state index in [2.05, 4.69) is 4.90 Å². The molecule has 1 saturated carbocycles. The van der Waals surface area contributed by atoms with E-state index in [1.54, 1.807) is 24.3 Å². The third-order valence-corrected chi connectivity index (χ3v) is 5.11. The van der Waals surface area contributed by atoms with Crippen molar-refractivity contribution in [3.8, 4) is 0 Å². The van der Waals surface area contributed by atoms with Crippen molar-refractivity contribution in [1.82, 2.24) is 4.90 Å². The van der Waals surface area contributed by atoms with Crippen molar-refractivity contribution in [2.45, 2.75) is 30.7 Å². The van der Waals surface area contributed by atoms with Gasteiger partial charge in [0.2, 0.25) is 0 Å². The van der Waals surface area contributed by atoms with E-state index in [0.29, 0.717) is 12.5 Å². The summed E-state index contributed by atoms with van der Waals surface area (Å²) in [6.07, 6.45) is 2.60. The van der Waals surface area contributed by atoms with E-state index < -0.39 is 10.1 Å². The van der Waals surface area contributed by atoms with Crippen molar-refractivity contribution >= 4 is 10.1 Å². The summed E-state index contributed by atoms with van der Waals surface area (Å²) in [6.45, 7) is 4.19. The Hall–Kier alpha value is -0.910. The molecular weight excluding hydrogens is 262 g/mol. The molecule has 1 aromatic carbocycles. The molecule has 0 aromatic heterocycles. The second-order valence-electron chi connectivity index (χ2n) is 5.60. The SMILES string of the molecule is Cc1ccc(S(=O)(=O)OCC2CN(C3CC3)C2)cc1. The Bertz CT molecular complexity index is 543. The monoisotopic (exact) mass is 281 g/mol. The van der Waals surface area contributed by atoms with Crippen LogP contribution in [0.3, 0.4) is 0 Å². The van der Waals surface area contributed by atoms with Crippen LogP contribution in [0.2, 0.25) is 0 Å². The lowest BCUT2D eigenvalue weighted by atomic mass is 10.0. The van der Waals surface area contributed by atoms with E-state index in [9.17, 15) is 8.42 Å². The van der Waals surface area contributed by atoms with Gasteiger partial charge in [-0.05, 0) is 31.9 Å². The Morgan fingerprint density at radius 1 is 1.21 bits per heavy atom. The molecule has 2 fully saturated rings. The molecule has 1 aliphatic heterocycles. The maximum atomic E-state index is 12.0. The van der Waals surface area contributed by atoms with Gasteiger partial charge < -0.3 is 0 Å². The number of rotatable bonds is 5. The number of nitrogens with zero attached hydrogens (tertiary/aromatic N) is 1. The van der Waals surface area contributed by atoms with Gasteiger partial charge in [0.1, 0.15) is 0 Å². The van der Waals surface area contributed by atoms with Crippen LogP contribution >= 0.6 is 0 Å². The molecule has 1 aliphatic carbocycles. The number of hydrogen-bond acceptors (Lipinski definition) is 4. The molecule has 0 spiro atoms. The van der Waals surface area contributed by atoms with E-state index in [0.717, 1.165) is 24.7 Å². The zero-order valence-corrected chi connectivity index (χ0v) is 11.9. The quantitative estimate of drug-likeness (QED) is 0.772. The maximum absolute atomic E-state index is 12.0. The molecular formula is C14H19NO3S. The molecule has 0 atom stereocenters. The Balaban J connectivity index is 1.52. The molecule has 1 heterocycles. The van der Waals surface area contributed by atoms with Crippen LogP contribution in [0.4, 0.5) is 0 Å². The Morgan fingerprint density at radius 3 is 2.42 bits per heavy atom. The van der Waals surface area contributed by atoms with Gasteiger partial charge in [-0.2, -0.15) is 8.42 Å². The average molecular weight is 281 g/mol. The van der Waals surface area contributed by atoms with Crippen LogP contribution < -0.4 is 0 Å². The lowest BCUT2D eigenvalue weighted by molar-refractivity contribution is 0.0573. The molecule has 1 saturated heterocycles. The molecule has 1 aromatic rings. The van der Waals surface area contributed by atoms with Crippen LogP contribution in [-0.2, 0) is 14.3 Å². The third-order valence-electron chi connectivity index (χ3n) is 3.82. The topological polar surface area (TPSA) is 46.6 Å². The largest absolute Gasteiger partial charge is 0.300 e. The molecule has 19 heavy (non-hydrogen) atoms. The fourth-order valence-corrected chi connectivity index (χ4v) is 3.39. The van der Waals surface area contributed by atoms with Crippen molar-refractivity contribution in [2.24, 2.45) is 5.92 Å². The average Bonchev–Trinajstić information content (AvgIpc) is 3.11. The molecule has 3 rings (SSSR count). The van der Waals surface area contributed by atoms with Crippen LogP contribution in [0, 0.1) is 12.8 Å². The molecule has 5 heteroatoms. The van der Waals surface area contributed by atoms with Crippen molar-refractivity contribution in [3.63, 3.8) is 0 Å². The normalized spacial score (nSPS) is 21.3. The van der Waals surface area contributed by atoms with E-state index in [4.69, 9.17) is 4.18 Å². The molecule has 0 unspecified atom stereocenters. The second kappa shape index (κ2) is 4.89. The third kappa shape index (κ3) is 2.99. The maximum Gasteiger partial charge on any atom is 0.296 e. The van der Waals surface area contributed by atoms with Crippen LogP contribution in [-0.4, -0.2) is 39.1 Å². The standard InChI is InChI=1S/C14H19NO3S/c1-11-2-6-14(7-3-11)19(16,17)18-10-12-8-15(9-12)13-4-5-13/h2-3,6-7,12-13H,4-5,8-10H2,1H3. The fourth-order valence-electron chi connectivity index (χ4n) is 2.41. The van der Waals surface area contributed by atoms with E-state index in [-0.39, 0.29) is 4.90 Å². The van der Waals surface area contributed by atoms with E-state index >= 15 is 0 Å². The van der Waals surface area contributed by atoms with Gasteiger partial charge in [-0.3, -0.25) is 9.08 Å². The predicted octanol–water partition coefficient (Wildman–Crippen LogP) is 1.79. The highest BCUT2D eigenvalue weighted by Gasteiger charge is 2.38. The molecule has 4 nitrogen and oxygen atoms in total. The van der Waals surface area contributed by atoms with Gasteiger partial charge >= 0.3 is 0 Å². The summed E-state index contributed by atoms with van der Waals surface area (Å²) in [5, 5.41) is 0. The van der Waals surface area contributed by atoms with Gasteiger partial charge in [-0.25, -0.2) is 0 Å². The lowest BCUT2D eigenvalue weighted by Crippen LogP contribution is -2.49. The summed E-state index contributed by atoms with van der Waals surface area (Å²) in [6, 6.07) is 7.54. The van der Waals surface area contributed by atoms with Crippen molar-refractivity contribution in [2.75, 3.05) is 19.7 Å². The first-order valence-electron chi connectivity index (χ1n) is 6.75. The van der Waals surface area contributed by atoms with Gasteiger partial charge in [0.25, 0.3) is 10.1 Å². The zero-order chi connectivity index (χ0) is 13.5. The summed E-state index contributed by atoms with van der Waals surface area (Å²) >= 11 is 0. The number of likely N-dealkylation sites (tertiary alicyclic amines) is 1. The molecule has 0 bridgehead atoms. The summed E-state index contributed by atoms with van der Waals surface area (Å²) in [7, 11) is -3.59. The number of benzene rings is 1. The highest BCUT2D eigenvalue weighted by molar-refractivity contribution is 7.86. The minimum absolute atomic E-state index is 0.247. The molecule has 0 amide bonds. The second-order valence-corrected chi connectivity index (χ2v) is 7.22. The van der Waals surface area contributed by atoms with E-state index in [1.807, 2.05) is 6.92 Å². The lowest BCUT2D eigenvalue weighted by Gasteiger charge is -2.39. The first kappa shape index (κ1) is 13.1. The zero-order valence-electron chi connectivity index (χ0n) is 11.1. The van der Waals surface area contributed by atoms with Gasteiger partial charge in [-0.15, -0.1) is 0 Å². The number of aryl methyl sites for hydroxylation is 1.